The lowest BCUT2D eigenvalue weighted by Gasteiger charge is -2.19. The van der Waals surface area contributed by atoms with E-state index in [-0.39, 0.29) is 0 Å². The van der Waals surface area contributed by atoms with E-state index in [4.69, 9.17) is 4.74 Å². The summed E-state index contributed by atoms with van der Waals surface area (Å²) in [6.45, 7) is 0.819. The molecule has 1 aromatic rings. The van der Waals surface area contributed by atoms with E-state index >= 15 is 0 Å². The second kappa shape index (κ2) is 8.69. The molecule has 1 unspecified atom stereocenters. The number of nitrogens with one attached hydrogen (secondary N) is 1. The van der Waals surface area contributed by atoms with Gasteiger partial charge in [0.05, 0.1) is 13.7 Å². The Labute approximate surface area is 137 Å². The summed E-state index contributed by atoms with van der Waals surface area (Å²) in [7, 11) is -0.255. The minimum absolute atomic E-state index is 0.293. The molecule has 6 nitrogen and oxygen atoms in total. The molecule has 0 saturated carbocycles. The number of carbonyl (C=O) groups excluding carboxylic acids is 3. The van der Waals surface area contributed by atoms with Crippen LogP contribution in [0.1, 0.15) is 12.0 Å². The van der Waals surface area contributed by atoms with Crippen LogP contribution in [0.15, 0.2) is 30.3 Å². The van der Waals surface area contributed by atoms with E-state index in [9.17, 15) is 14.4 Å². The Hall–Kier alpha value is -1.86. The van der Waals surface area contributed by atoms with Gasteiger partial charge in [0, 0.05) is 6.54 Å². The maximum absolute atomic E-state index is 12.1. The molecule has 0 aliphatic carbocycles. The van der Waals surface area contributed by atoms with Crippen LogP contribution in [0.25, 0.3) is 0 Å². The number of carbonyl (C=O) groups is 3. The van der Waals surface area contributed by atoms with E-state index in [0.29, 0.717) is 25.3 Å². The van der Waals surface area contributed by atoms with Crippen molar-refractivity contribution < 1.29 is 23.9 Å². The zero-order chi connectivity index (χ0) is 16.7. The van der Waals surface area contributed by atoms with Gasteiger partial charge >= 0.3 is 11.9 Å². The van der Waals surface area contributed by atoms with E-state index in [1.54, 1.807) is 0 Å². The average molecular weight is 339 g/mol. The molecule has 2 rings (SSSR count). The number of aryl methyl sites for hydroxylation is 1. The summed E-state index contributed by atoms with van der Waals surface area (Å²) < 4.78 is 9.70. The zero-order valence-electron chi connectivity index (χ0n) is 13.0. The largest absolute Gasteiger partial charge is 0.464 e. The van der Waals surface area contributed by atoms with Crippen LogP contribution in [0.2, 0.25) is 0 Å². The van der Waals surface area contributed by atoms with Crippen molar-refractivity contribution in [2.75, 3.05) is 26.0 Å². The highest BCUT2D eigenvalue weighted by Gasteiger charge is 2.38. The number of esters is 2. The molecule has 0 aromatic heterocycles. The Morgan fingerprint density at radius 3 is 2.70 bits per heavy atom. The summed E-state index contributed by atoms with van der Waals surface area (Å²) in [5, 5.41) is 1.64. The van der Waals surface area contributed by atoms with Gasteiger partial charge in [-0.25, -0.2) is 9.59 Å². The Balaban J connectivity index is 1.78. The molecular formula is C16H21NO5S. The minimum Gasteiger partial charge on any atom is -0.464 e. The summed E-state index contributed by atoms with van der Waals surface area (Å²) in [6, 6.07) is 9.93. The number of thiol groups is 1. The van der Waals surface area contributed by atoms with Crippen molar-refractivity contribution in [1.29, 1.82) is 0 Å². The zero-order valence-corrected chi connectivity index (χ0v) is 13.9. The van der Waals surface area contributed by atoms with Crippen LogP contribution in [-0.2, 0) is 30.3 Å². The van der Waals surface area contributed by atoms with Crippen molar-refractivity contribution >= 4 is 27.9 Å². The van der Waals surface area contributed by atoms with E-state index < -0.39 is 33.3 Å². The monoisotopic (exact) mass is 339 g/mol. The molecule has 1 fully saturated rings. The molecule has 1 aromatic carbocycles. The van der Waals surface area contributed by atoms with Crippen molar-refractivity contribution in [3.05, 3.63) is 35.9 Å². The molecule has 1 N–H and O–H groups in total. The van der Waals surface area contributed by atoms with E-state index in [1.165, 1.54) is 5.56 Å². The maximum atomic E-state index is 12.1. The van der Waals surface area contributed by atoms with Gasteiger partial charge in [-0.2, -0.15) is 10.9 Å². The molecule has 0 amide bonds. The normalized spacial score (nSPS) is 21.6. The molecule has 7 heteroatoms. The van der Waals surface area contributed by atoms with Gasteiger partial charge in [0.2, 0.25) is 0 Å². The van der Waals surface area contributed by atoms with Crippen LogP contribution < -0.4 is 5.32 Å². The third-order valence-corrected chi connectivity index (χ3v) is 5.97. The molecule has 1 aliphatic rings. The topological polar surface area (TPSA) is 81.7 Å². The van der Waals surface area contributed by atoms with Gasteiger partial charge in [-0.05, 0) is 24.2 Å². The van der Waals surface area contributed by atoms with Crippen LogP contribution in [0.5, 0.6) is 0 Å². The molecule has 23 heavy (non-hydrogen) atoms. The Morgan fingerprint density at radius 2 is 2.00 bits per heavy atom. The third kappa shape index (κ3) is 4.80. The molecule has 2 atom stereocenters. The van der Waals surface area contributed by atoms with Crippen LogP contribution in [0, 0.1) is 0 Å². The molecule has 0 radical (unpaired) electrons. The first-order valence-corrected chi connectivity index (χ1v) is 9.06. The third-order valence-electron chi connectivity index (χ3n) is 3.54. The quantitative estimate of drug-likeness (QED) is 0.357. The van der Waals surface area contributed by atoms with Crippen LogP contribution in [0.3, 0.4) is 0 Å². The average Bonchev–Trinajstić information content (AvgIpc) is 3.07. The number of methoxy groups -OCH3 is 1. The summed E-state index contributed by atoms with van der Waals surface area (Å²) in [6.07, 6.45) is 1.54. The standard InChI is InChI=1S/C16H21NO5S/c1-21-15(19)16(20)23-11-9-17-13(23)14(18)22-10-5-8-12-6-3-2-4-7-12/h2-4,6-7,13,17,23H,5,8-11H2,1H3/t13-/m0/s1. The molecule has 0 bridgehead atoms. The number of hydrogen-bond acceptors (Lipinski definition) is 6. The fourth-order valence-electron chi connectivity index (χ4n) is 2.37. The number of rotatable bonds is 5. The highest BCUT2D eigenvalue weighted by Crippen LogP contribution is 2.35. The first-order chi connectivity index (χ1) is 11.1. The first kappa shape index (κ1) is 17.5. The smallest absolute Gasteiger partial charge is 0.383 e. The van der Waals surface area contributed by atoms with Crippen molar-refractivity contribution in [2.24, 2.45) is 0 Å². The lowest BCUT2D eigenvalue weighted by molar-refractivity contribution is -0.147. The Morgan fingerprint density at radius 1 is 1.26 bits per heavy atom. The maximum Gasteiger partial charge on any atom is 0.383 e. The Kier molecular flexibility index (Phi) is 6.61. The van der Waals surface area contributed by atoms with Gasteiger partial charge in [0.15, 0.2) is 0 Å². The predicted octanol–water partition coefficient (Wildman–Crippen LogP) is 0.792. The molecule has 0 spiro atoms. The van der Waals surface area contributed by atoms with Crippen molar-refractivity contribution in [2.45, 2.75) is 18.2 Å². The van der Waals surface area contributed by atoms with Crippen LogP contribution in [-0.4, -0.2) is 48.4 Å². The summed E-state index contributed by atoms with van der Waals surface area (Å²) in [5.74, 6) is -0.854. The van der Waals surface area contributed by atoms with Gasteiger partial charge in [-0.3, -0.25) is 10.1 Å². The minimum atomic E-state index is -1.42. The van der Waals surface area contributed by atoms with Crippen molar-refractivity contribution in [1.82, 2.24) is 5.32 Å². The number of hydrogen-bond donors (Lipinski definition) is 2. The first-order valence-electron chi connectivity index (χ1n) is 7.46. The van der Waals surface area contributed by atoms with Gasteiger partial charge in [0.1, 0.15) is 5.37 Å². The van der Waals surface area contributed by atoms with Crippen molar-refractivity contribution in [3.8, 4) is 0 Å². The Bertz CT molecular complexity index is 563. The number of ether oxygens (including phenoxy) is 2. The van der Waals surface area contributed by atoms with E-state index in [1.807, 2.05) is 30.3 Å². The lowest BCUT2D eigenvalue weighted by atomic mass is 10.1. The highest BCUT2D eigenvalue weighted by atomic mass is 32.2. The van der Waals surface area contributed by atoms with Gasteiger partial charge in [-0.1, -0.05) is 30.3 Å². The summed E-state index contributed by atoms with van der Waals surface area (Å²) in [4.78, 5) is 35.4. The lowest BCUT2D eigenvalue weighted by Crippen LogP contribution is -2.35. The van der Waals surface area contributed by atoms with Crippen LogP contribution >= 0.6 is 10.9 Å². The van der Waals surface area contributed by atoms with E-state index in [0.717, 1.165) is 13.5 Å². The van der Waals surface area contributed by atoms with Gasteiger partial charge in [-0.15, -0.1) is 0 Å². The predicted molar refractivity (Wildman–Crippen MR) is 88.4 cm³/mol. The second-order valence-corrected chi connectivity index (χ2v) is 7.41. The number of benzene rings is 1. The molecule has 1 aliphatic heterocycles. The van der Waals surface area contributed by atoms with Crippen molar-refractivity contribution in [3.63, 3.8) is 0 Å². The van der Waals surface area contributed by atoms with Gasteiger partial charge in [0.25, 0.3) is 5.12 Å². The summed E-state index contributed by atoms with van der Waals surface area (Å²) >= 11 is 0. The molecule has 1 heterocycles. The fourth-order valence-corrected chi connectivity index (χ4v) is 4.44. The second-order valence-electron chi connectivity index (χ2n) is 5.10. The van der Waals surface area contributed by atoms with Crippen LogP contribution in [0.4, 0.5) is 0 Å². The molecule has 126 valence electrons. The summed E-state index contributed by atoms with van der Waals surface area (Å²) in [5.41, 5.74) is 1.19. The highest BCUT2D eigenvalue weighted by molar-refractivity contribution is 8.32. The van der Waals surface area contributed by atoms with E-state index in [2.05, 4.69) is 10.1 Å². The molecular weight excluding hydrogens is 318 g/mol. The SMILES string of the molecule is COC(=O)C(=O)[SH]1CCN[C@@H]1C(=O)OCCCc1ccccc1. The van der Waals surface area contributed by atoms with Gasteiger partial charge < -0.3 is 9.47 Å². The fraction of sp³-hybridized carbons (Fsp3) is 0.438. The molecule has 1 saturated heterocycles.